The second-order valence-corrected chi connectivity index (χ2v) is 13.0. The number of hydrogen-bond acceptors (Lipinski definition) is 8. The SMILES string of the molecule is CCCCC/C=C/CC/C=C/C(O)C(COC1OC(CO)C(O)C(O)C1O)NC(=O)CCCCCCC/C=C\C/C=C\CCCCCC. The first-order chi connectivity index (χ1) is 23.3. The third-order valence-corrected chi connectivity index (χ3v) is 8.63. The molecule has 0 spiro atoms. The second-order valence-electron chi connectivity index (χ2n) is 13.0. The number of amides is 1. The number of hydrogen-bond donors (Lipinski definition) is 6. The lowest BCUT2D eigenvalue weighted by atomic mass is 9.99. The highest BCUT2D eigenvalue weighted by atomic mass is 16.7. The average molecular weight is 680 g/mol. The lowest BCUT2D eigenvalue weighted by molar-refractivity contribution is -0.302. The van der Waals surface area contributed by atoms with Crippen LogP contribution in [-0.4, -0.2) is 87.5 Å². The van der Waals surface area contributed by atoms with Crippen LogP contribution < -0.4 is 5.32 Å². The highest BCUT2D eigenvalue weighted by molar-refractivity contribution is 5.76. The molecule has 0 saturated carbocycles. The zero-order valence-electron chi connectivity index (χ0n) is 30.0. The molecule has 0 radical (unpaired) electrons. The van der Waals surface area contributed by atoms with E-state index in [1.807, 2.05) is 6.08 Å². The Kier molecular flexibility index (Phi) is 27.6. The van der Waals surface area contributed by atoms with Crippen LogP contribution in [0.15, 0.2) is 48.6 Å². The molecule has 9 heteroatoms. The molecule has 1 heterocycles. The van der Waals surface area contributed by atoms with Crippen molar-refractivity contribution in [2.45, 2.75) is 179 Å². The number of ether oxygens (including phenoxy) is 2. The summed E-state index contributed by atoms with van der Waals surface area (Å²) in [5.41, 5.74) is 0. The maximum atomic E-state index is 12.8. The van der Waals surface area contributed by atoms with Crippen molar-refractivity contribution in [3.05, 3.63) is 48.6 Å². The summed E-state index contributed by atoms with van der Waals surface area (Å²) in [5.74, 6) is -0.207. The van der Waals surface area contributed by atoms with Gasteiger partial charge < -0.3 is 40.3 Å². The molecule has 7 atom stereocenters. The topological polar surface area (TPSA) is 149 Å². The fraction of sp³-hybridized carbons (Fsp3) is 0.769. The van der Waals surface area contributed by atoms with E-state index in [9.17, 15) is 30.3 Å². The zero-order chi connectivity index (χ0) is 35.2. The Bertz CT molecular complexity index is 889. The van der Waals surface area contributed by atoms with Gasteiger partial charge in [0.25, 0.3) is 0 Å². The second kappa shape index (κ2) is 30.0. The van der Waals surface area contributed by atoms with E-state index in [4.69, 9.17) is 9.47 Å². The molecule has 0 aromatic rings. The number of unbranched alkanes of at least 4 members (excludes halogenated alkanes) is 13. The standard InChI is InChI=1S/C39H69NO8/c1-3-5-7-9-11-13-14-15-16-17-18-19-21-23-25-27-29-35(43)40-32(33(42)28-26-24-22-20-12-10-8-6-4-2)31-47-39-38(46)37(45)36(44)34(30-41)48-39/h12-14,16-17,20,26,28,32-34,36-39,41-42,44-46H,3-11,15,18-19,21-25,27,29-31H2,1-2H3,(H,40,43)/b14-13-,17-16-,20-12+,28-26+. The predicted octanol–water partition coefficient (Wildman–Crippen LogP) is 6.33. The highest BCUT2D eigenvalue weighted by Gasteiger charge is 2.44. The van der Waals surface area contributed by atoms with Crippen LogP contribution in [0.4, 0.5) is 0 Å². The Balaban J connectivity index is 2.46. The van der Waals surface area contributed by atoms with E-state index < -0.39 is 49.5 Å². The Labute approximate surface area is 291 Å². The van der Waals surface area contributed by atoms with Crippen molar-refractivity contribution in [2.24, 2.45) is 0 Å². The van der Waals surface area contributed by atoms with Crippen LogP contribution in [0.3, 0.4) is 0 Å². The molecular weight excluding hydrogens is 610 g/mol. The fourth-order valence-electron chi connectivity index (χ4n) is 5.49. The quantitative estimate of drug-likeness (QED) is 0.0397. The minimum absolute atomic E-state index is 0.207. The van der Waals surface area contributed by atoms with E-state index in [2.05, 4.69) is 55.6 Å². The minimum Gasteiger partial charge on any atom is -0.394 e. The van der Waals surface area contributed by atoms with Crippen LogP contribution in [0.25, 0.3) is 0 Å². The van der Waals surface area contributed by atoms with Gasteiger partial charge in [-0.25, -0.2) is 0 Å². The Morgan fingerprint density at radius 2 is 1.25 bits per heavy atom. The molecule has 1 rings (SSSR count). The van der Waals surface area contributed by atoms with Crippen molar-refractivity contribution in [1.82, 2.24) is 5.32 Å². The van der Waals surface area contributed by atoms with Crippen molar-refractivity contribution in [3.8, 4) is 0 Å². The summed E-state index contributed by atoms with van der Waals surface area (Å²) >= 11 is 0. The van der Waals surface area contributed by atoms with Crippen LogP contribution in [-0.2, 0) is 14.3 Å². The van der Waals surface area contributed by atoms with Crippen molar-refractivity contribution in [1.29, 1.82) is 0 Å². The first kappa shape index (κ1) is 44.2. The van der Waals surface area contributed by atoms with Gasteiger partial charge in [-0.3, -0.25) is 4.79 Å². The van der Waals surface area contributed by atoms with Gasteiger partial charge in [-0.2, -0.15) is 0 Å². The van der Waals surface area contributed by atoms with E-state index in [0.717, 1.165) is 64.2 Å². The lowest BCUT2D eigenvalue weighted by Gasteiger charge is -2.40. The summed E-state index contributed by atoms with van der Waals surface area (Å²) in [5, 5.41) is 53.7. The molecule has 1 amide bonds. The smallest absolute Gasteiger partial charge is 0.220 e. The maximum absolute atomic E-state index is 12.8. The number of allylic oxidation sites excluding steroid dienone is 7. The molecule has 1 aliphatic rings. The molecule has 278 valence electrons. The molecule has 6 N–H and O–H groups in total. The molecule has 0 bridgehead atoms. The van der Waals surface area contributed by atoms with Crippen LogP contribution in [0, 0.1) is 0 Å². The number of carbonyl (C=O) groups excluding carboxylic acids is 1. The number of carbonyl (C=O) groups is 1. The van der Waals surface area contributed by atoms with Crippen LogP contribution in [0.2, 0.25) is 0 Å². The third-order valence-electron chi connectivity index (χ3n) is 8.63. The fourth-order valence-corrected chi connectivity index (χ4v) is 5.49. The van der Waals surface area contributed by atoms with Gasteiger partial charge in [0, 0.05) is 6.42 Å². The van der Waals surface area contributed by atoms with Crippen molar-refractivity contribution in [3.63, 3.8) is 0 Å². The number of aliphatic hydroxyl groups is 5. The lowest BCUT2D eigenvalue weighted by Crippen LogP contribution is -2.60. The zero-order valence-corrected chi connectivity index (χ0v) is 30.0. The van der Waals surface area contributed by atoms with Gasteiger partial charge in [0.2, 0.25) is 5.91 Å². The van der Waals surface area contributed by atoms with Gasteiger partial charge in [-0.1, -0.05) is 114 Å². The Hall–Kier alpha value is -1.85. The Morgan fingerprint density at radius 1 is 0.708 bits per heavy atom. The molecule has 48 heavy (non-hydrogen) atoms. The van der Waals surface area contributed by atoms with E-state index in [1.165, 1.54) is 51.4 Å². The van der Waals surface area contributed by atoms with Gasteiger partial charge >= 0.3 is 0 Å². The normalized spacial score (nSPS) is 23.2. The molecule has 1 saturated heterocycles. The first-order valence-electron chi connectivity index (χ1n) is 18.9. The summed E-state index contributed by atoms with van der Waals surface area (Å²) in [6.07, 6.45) is 28.8. The van der Waals surface area contributed by atoms with Crippen molar-refractivity contribution >= 4 is 5.91 Å². The van der Waals surface area contributed by atoms with Crippen LogP contribution in [0.1, 0.15) is 136 Å². The summed E-state index contributed by atoms with van der Waals surface area (Å²) in [4.78, 5) is 12.8. The van der Waals surface area contributed by atoms with E-state index in [1.54, 1.807) is 6.08 Å². The van der Waals surface area contributed by atoms with Gasteiger partial charge in [-0.15, -0.1) is 0 Å². The molecular formula is C39H69NO8. The van der Waals surface area contributed by atoms with E-state index in [-0.39, 0.29) is 12.5 Å². The molecule has 0 aromatic carbocycles. The van der Waals surface area contributed by atoms with E-state index >= 15 is 0 Å². The number of nitrogens with one attached hydrogen (secondary N) is 1. The van der Waals surface area contributed by atoms with E-state index in [0.29, 0.717) is 6.42 Å². The first-order valence-corrected chi connectivity index (χ1v) is 18.9. The highest BCUT2D eigenvalue weighted by Crippen LogP contribution is 2.22. The largest absolute Gasteiger partial charge is 0.394 e. The van der Waals surface area contributed by atoms with Gasteiger partial charge in [0.05, 0.1) is 25.4 Å². The molecule has 1 fully saturated rings. The average Bonchev–Trinajstić information content (AvgIpc) is 3.08. The monoisotopic (exact) mass is 680 g/mol. The molecule has 0 aromatic heterocycles. The van der Waals surface area contributed by atoms with Crippen LogP contribution in [0.5, 0.6) is 0 Å². The summed E-state index contributed by atoms with van der Waals surface area (Å²) < 4.78 is 11.1. The minimum atomic E-state index is -1.57. The summed E-state index contributed by atoms with van der Waals surface area (Å²) in [6, 6.07) is -0.826. The number of aliphatic hydroxyl groups excluding tert-OH is 5. The maximum Gasteiger partial charge on any atom is 0.220 e. The van der Waals surface area contributed by atoms with Gasteiger partial charge in [0.15, 0.2) is 6.29 Å². The molecule has 7 unspecified atom stereocenters. The predicted molar refractivity (Wildman–Crippen MR) is 193 cm³/mol. The molecule has 0 aliphatic carbocycles. The van der Waals surface area contributed by atoms with Crippen molar-refractivity contribution in [2.75, 3.05) is 13.2 Å². The summed E-state index contributed by atoms with van der Waals surface area (Å²) in [6.45, 7) is 3.64. The number of rotatable bonds is 29. The molecule has 1 aliphatic heterocycles. The van der Waals surface area contributed by atoms with Crippen LogP contribution >= 0.6 is 0 Å². The summed E-state index contributed by atoms with van der Waals surface area (Å²) in [7, 11) is 0. The van der Waals surface area contributed by atoms with Gasteiger partial charge in [0.1, 0.15) is 24.4 Å². The van der Waals surface area contributed by atoms with Gasteiger partial charge in [-0.05, 0) is 64.2 Å². The Morgan fingerprint density at radius 3 is 1.92 bits per heavy atom. The molecule has 9 nitrogen and oxygen atoms in total. The van der Waals surface area contributed by atoms with Crippen molar-refractivity contribution < 1.29 is 39.8 Å². The third kappa shape index (κ3) is 21.3.